The Hall–Kier alpha value is -1.60. The minimum Gasteiger partial charge on any atom is -0.478 e. The van der Waals surface area contributed by atoms with Crippen molar-refractivity contribution in [3.8, 4) is 0 Å². The largest absolute Gasteiger partial charge is 0.478 e. The predicted molar refractivity (Wildman–Crippen MR) is 78.3 cm³/mol. The Bertz CT molecular complexity index is 622. The average molecular weight is 292 g/mol. The van der Waals surface area contributed by atoms with Gasteiger partial charge in [-0.05, 0) is 18.2 Å². The third kappa shape index (κ3) is 2.78. The predicted octanol–water partition coefficient (Wildman–Crippen LogP) is 1.18. The number of benzene rings is 1. The fraction of sp³-hybridized carbons (Fsp3) is 0.462. The molecule has 0 amide bonds. The third-order valence-electron chi connectivity index (χ3n) is 3.49. The molecule has 0 aliphatic carbocycles. The number of aromatic carboxylic acids is 1. The molecule has 0 spiro atoms. The lowest BCUT2D eigenvalue weighted by Gasteiger charge is -2.25. The first-order valence-corrected chi connectivity index (χ1v) is 7.76. The van der Waals surface area contributed by atoms with E-state index in [0.717, 1.165) is 31.7 Å². The molecule has 6 nitrogen and oxygen atoms in total. The molecule has 0 saturated carbocycles. The van der Waals surface area contributed by atoms with Crippen molar-refractivity contribution in [3.63, 3.8) is 0 Å². The van der Waals surface area contributed by atoms with Crippen LogP contribution in [0.1, 0.15) is 10.4 Å². The standard InChI is InChI=1S/C13H16N4O2S/c18-13(19)10-1-2-12-11(9-10)14-15-17(12)4-3-16-5-7-20-8-6-16/h1-2,9H,3-8H2,(H,18,19). The van der Waals surface area contributed by atoms with Crippen LogP contribution in [0.15, 0.2) is 18.2 Å². The molecular formula is C13H16N4O2S. The van der Waals surface area contributed by atoms with Crippen molar-refractivity contribution in [1.82, 2.24) is 19.9 Å². The van der Waals surface area contributed by atoms with E-state index >= 15 is 0 Å². The van der Waals surface area contributed by atoms with Crippen LogP contribution in [0.3, 0.4) is 0 Å². The number of nitrogens with zero attached hydrogens (tertiary/aromatic N) is 4. The van der Waals surface area contributed by atoms with E-state index < -0.39 is 5.97 Å². The van der Waals surface area contributed by atoms with E-state index in [1.807, 2.05) is 16.4 Å². The van der Waals surface area contributed by atoms with E-state index in [9.17, 15) is 4.79 Å². The van der Waals surface area contributed by atoms with Crippen molar-refractivity contribution in [2.24, 2.45) is 0 Å². The number of hydrogen-bond acceptors (Lipinski definition) is 5. The number of hydrogen-bond donors (Lipinski definition) is 1. The highest BCUT2D eigenvalue weighted by molar-refractivity contribution is 7.99. The molecule has 3 rings (SSSR count). The summed E-state index contributed by atoms with van der Waals surface area (Å²) in [6.07, 6.45) is 0. The molecule has 0 radical (unpaired) electrons. The van der Waals surface area contributed by atoms with Crippen LogP contribution in [0.2, 0.25) is 0 Å². The molecule has 1 saturated heterocycles. The summed E-state index contributed by atoms with van der Waals surface area (Å²) in [5, 5.41) is 17.1. The van der Waals surface area contributed by atoms with Gasteiger partial charge in [0.25, 0.3) is 0 Å². The van der Waals surface area contributed by atoms with Gasteiger partial charge in [-0.15, -0.1) is 5.10 Å². The molecule has 2 aromatic rings. The number of rotatable bonds is 4. The summed E-state index contributed by atoms with van der Waals surface area (Å²) in [5.41, 5.74) is 1.78. The molecule has 0 unspecified atom stereocenters. The van der Waals surface area contributed by atoms with Crippen LogP contribution in [0.5, 0.6) is 0 Å². The molecule has 1 fully saturated rings. The van der Waals surface area contributed by atoms with Crippen LogP contribution in [0, 0.1) is 0 Å². The van der Waals surface area contributed by atoms with E-state index in [0.29, 0.717) is 5.52 Å². The number of thioether (sulfide) groups is 1. The lowest BCUT2D eigenvalue weighted by molar-refractivity contribution is 0.0697. The van der Waals surface area contributed by atoms with Gasteiger partial charge in [0.1, 0.15) is 5.52 Å². The van der Waals surface area contributed by atoms with Gasteiger partial charge < -0.3 is 5.11 Å². The Morgan fingerprint density at radius 3 is 2.85 bits per heavy atom. The van der Waals surface area contributed by atoms with Gasteiger partial charge in [0.15, 0.2) is 0 Å². The Kier molecular flexibility index (Phi) is 3.88. The monoisotopic (exact) mass is 292 g/mol. The number of aromatic nitrogens is 3. The fourth-order valence-electron chi connectivity index (χ4n) is 2.33. The van der Waals surface area contributed by atoms with Gasteiger partial charge in [0.2, 0.25) is 0 Å². The normalized spacial score (nSPS) is 16.6. The first kappa shape index (κ1) is 13.4. The highest BCUT2D eigenvalue weighted by Crippen LogP contribution is 2.14. The van der Waals surface area contributed by atoms with Gasteiger partial charge in [-0.2, -0.15) is 11.8 Å². The highest BCUT2D eigenvalue weighted by atomic mass is 32.2. The van der Waals surface area contributed by atoms with Gasteiger partial charge in [0.05, 0.1) is 17.6 Å². The first-order chi connectivity index (χ1) is 9.74. The zero-order valence-corrected chi connectivity index (χ0v) is 11.8. The Morgan fingerprint density at radius 1 is 1.30 bits per heavy atom. The maximum Gasteiger partial charge on any atom is 0.335 e. The third-order valence-corrected chi connectivity index (χ3v) is 4.44. The SMILES string of the molecule is O=C(O)c1ccc2c(c1)nnn2CCN1CCSCC1. The van der Waals surface area contributed by atoms with Crippen molar-refractivity contribution in [2.45, 2.75) is 6.54 Å². The van der Waals surface area contributed by atoms with Gasteiger partial charge in [-0.1, -0.05) is 5.21 Å². The van der Waals surface area contributed by atoms with Crippen LogP contribution >= 0.6 is 11.8 Å². The van der Waals surface area contributed by atoms with E-state index in [-0.39, 0.29) is 5.56 Å². The molecule has 7 heteroatoms. The molecular weight excluding hydrogens is 276 g/mol. The van der Waals surface area contributed by atoms with Crippen LogP contribution < -0.4 is 0 Å². The van der Waals surface area contributed by atoms with E-state index in [1.54, 1.807) is 18.2 Å². The van der Waals surface area contributed by atoms with Crippen molar-refractivity contribution in [3.05, 3.63) is 23.8 Å². The van der Waals surface area contributed by atoms with E-state index in [1.165, 1.54) is 11.5 Å². The molecule has 2 heterocycles. The lowest BCUT2D eigenvalue weighted by Crippen LogP contribution is -2.35. The van der Waals surface area contributed by atoms with Gasteiger partial charge in [-0.25, -0.2) is 9.48 Å². The summed E-state index contributed by atoms with van der Waals surface area (Å²) in [7, 11) is 0. The first-order valence-electron chi connectivity index (χ1n) is 6.61. The van der Waals surface area contributed by atoms with Crippen LogP contribution in [0.4, 0.5) is 0 Å². The van der Waals surface area contributed by atoms with Gasteiger partial charge >= 0.3 is 5.97 Å². The van der Waals surface area contributed by atoms with Gasteiger partial charge in [0, 0.05) is 31.1 Å². The molecule has 1 aromatic heterocycles. The molecule has 1 aliphatic rings. The number of carboxylic acid groups (broad SMARTS) is 1. The zero-order valence-electron chi connectivity index (χ0n) is 11.0. The van der Waals surface area contributed by atoms with Crippen LogP contribution in [-0.4, -0.2) is 62.1 Å². The fourth-order valence-corrected chi connectivity index (χ4v) is 3.31. The Labute approximate surface area is 120 Å². The second-order valence-corrected chi connectivity index (χ2v) is 6.00. The zero-order chi connectivity index (χ0) is 13.9. The van der Waals surface area contributed by atoms with Crippen molar-refractivity contribution in [2.75, 3.05) is 31.1 Å². The maximum atomic E-state index is 10.9. The minimum atomic E-state index is -0.938. The summed E-state index contributed by atoms with van der Waals surface area (Å²) in [5.74, 6) is 1.45. The summed E-state index contributed by atoms with van der Waals surface area (Å²) in [4.78, 5) is 13.3. The van der Waals surface area contributed by atoms with E-state index in [4.69, 9.17) is 5.11 Å². The molecule has 1 aromatic carbocycles. The molecule has 20 heavy (non-hydrogen) atoms. The second-order valence-electron chi connectivity index (χ2n) is 4.78. The summed E-state index contributed by atoms with van der Waals surface area (Å²) < 4.78 is 1.85. The number of carbonyl (C=O) groups is 1. The number of fused-ring (bicyclic) bond motifs is 1. The molecule has 0 atom stereocenters. The van der Waals surface area contributed by atoms with Crippen LogP contribution in [-0.2, 0) is 6.54 Å². The molecule has 106 valence electrons. The quantitative estimate of drug-likeness (QED) is 0.912. The van der Waals surface area contributed by atoms with E-state index in [2.05, 4.69) is 15.2 Å². The van der Waals surface area contributed by atoms with Crippen molar-refractivity contribution in [1.29, 1.82) is 0 Å². The smallest absolute Gasteiger partial charge is 0.335 e. The van der Waals surface area contributed by atoms with Gasteiger partial charge in [-0.3, -0.25) is 4.90 Å². The summed E-state index contributed by atoms with van der Waals surface area (Å²) in [6.45, 7) is 3.99. The van der Waals surface area contributed by atoms with Crippen molar-refractivity contribution < 1.29 is 9.90 Å². The molecule has 1 N–H and O–H groups in total. The summed E-state index contributed by atoms with van der Waals surface area (Å²) >= 11 is 2.00. The number of carboxylic acids is 1. The second kappa shape index (κ2) is 5.80. The van der Waals surface area contributed by atoms with Crippen LogP contribution in [0.25, 0.3) is 11.0 Å². The minimum absolute atomic E-state index is 0.248. The molecule has 0 bridgehead atoms. The maximum absolute atomic E-state index is 10.9. The Morgan fingerprint density at radius 2 is 2.10 bits per heavy atom. The summed E-state index contributed by atoms with van der Waals surface area (Å²) in [6, 6.07) is 4.95. The topological polar surface area (TPSA) is 71.2 Å². The van der Waals surface area contributed by atoms with Crippen molar-refractivity contribution >= 4 is 28.8 Å². The Balaban J connectivity index is 1.73. The molecule has 1 aliphatic heterocycles. The highest BCUT2D eigenvalue weighted by Gasteiger charge is 2.12. The lowest BCUT2D eigenvalue weighted by atomic mass is 10.2. The average Bonchev–Trinajstić information content (AvgIpc) is 2.88.